The summed E-state index contributed by atoms with van der Waals surface area (Å²) in [4.78, 5) is 11.9. The first-order chi connectivity index (χ1) is 7.99. The minimum absolute atomic E-state index is 0.103. The highest BCUT2D eigenvalue weighted by atomic mass is 16.1. The van der Waals surface area contributed by atoms with E-state index in [1.807, 2.05) is 19.1 Å². The van der Waals surface area contributed by atoms with Gasteiger partial charge in [-0.2, -0.15) is 0 Å². The first-order valence-electron chi connectivity index (χ1n) is 6.12. The van der Waals surface area contributed by atoms with Gasteiger partial charge in [-0.25, -0.2) is 0 Å². The zero-order chi connectivity index (χ0) is 12.6. The average molecular weight is 232 g/mol. The molecule has 0 aliphatic heterocycles. The molecule has 0 bridgehead atoms. The number of aryl methyl sites for hydroxylation is 1. The molecular weight excluding hydrogens is 212 g/mol. The molecular formula is C14H20N2O. The molecule has 0 atom stereocenters. The van der Waals surface area contributed by atoms with E-state index in [9.17, 15) is 4.79 Å². The SMILES string of the molecule is Cc1ccc(NC(=O)C2CC(N)C2)c(C)c1C. The third-order valence-corrected chi connectivity index (χ3v) is 3.86. The lowest BCUT2D eigenvalue weighted by Crippen LogP contribution is -2.42. The van der Waals surface area contributed by atoms with Crippen molar-refractivity contribution in [1.82, 2.24) is 0 Å². The number of hydrogen-bond acceptors (Lipinski definition) is 2. The number of carbonyl (C=O) groups excluding carboxylic acids is 1. The van der Waals surface area contributed by atoms with Gasteiger partial charge in [0.25, 0.3) is 0 Å². The molecule has 17 heavy (non-hydrogen) atoms. The second-order valence-electron chi connectivity index (χ2n) is 5.10. The van der Waals surface area contributed by atoms with E-state index in [2.05, 4.69) is 19.2 Å². The van der Waals surface area contributed by atoms with Crippen LogP contribution in [0.1, 0.15) is 29.5 Å². The van der Waals surface area contributed by atoms with Crippen molar-refractivity contribution in [2.45, 2.75) is 39.7 Å². The van der Waals surface area contributed by atoms with Crippen molar-refractivity contribution in [1.29, 1.82) is 0 Å². The summed E-state index contributed by atoms with van der Waals surface area (Å²) in [5, 5.41) is 3.01. The van der Waals surface area contributed by atoms with Crippen LogP contribution < -0.4 is 11.1 Å². The van der Waals surface area contributed by atoms with E-state index in [4.69, 9.17) is 5.73 Å². The standard InChI is InChI=1S/C14H20N2O/c1-8-4-5-13(10(3)9(8)2)16-14(17)11-6-12(15)7-11/h4-5,11-12H,6-7,15H2,1-3H3,(H,16,17). The molecule has 1 saturated carbocycles. The van der Waals surface area contributed by atoms with E-state index < -0.39 is 0 Å². The Labute approximate surface area is 102 Å². The number of nitrogens with one attached hydrogen (secondary N) is 1. The van der Waals surface area contributed by atoms with Crippen LogP contribution in [0.25, 0.3) is 0 Å². The third kappa shape index (κ3) is 2.34. The van der Waals surface area contributed by atoms with Gasteiger partial charge in [-0.3, -0.25) is 4.79 Å². The fourth-order valence-corrected chi connectivity index (χ4v) is 2.20. The number of benzene rings is 1. The maximum absolute atomic E-state index is 11.9. The van der Waals surface area contributed by atoms with Gasteiger partial charge in [-0.1, -0.05) is 6.07 Å². The molecule has 0 aromatic heterocycles. The quantitative estimate of drug-likeness (QED) is 0.822. The molecule has 2 rings (SSSR count). The summed E-state index contributed by atoms with van der Waals surface area (Å²) in [6, 6.07) is 4.24. The van der Waals surface area contributed by atoms with Gasteiger partial charge in [0, 0.05) is 17.6 Å². The van der Waals surface area contributed by atoms with Crippen molar-refractivity contribution >= 4 is 11.6 Å². The van der Waals surface area contributed by atoms with E-state index in [1.54, 1.807) is 0 Å². The second-order valence-corrected chi connectivity index (χ2v) is 5.10. The monoisotopic (exact) mass is 232 g/mol. The molecule has 1 aliphatic rings. The third-order valence-electron chi connectivity index (χ3n) is 3.86. The van der Waals surface area contributed by atoms with Crippen LogP contribution >= 0.6 is 0 Å². The zero-order valence-electron chi connectivity index (χ0n) is 10.7. The predicted octanol–water partition coefficient (Wildman–Crippen LogP) is 2.29. The molecule has 0 spiro atoms. The molecule has 3 N–H and O–H groups in total. The second kappa shape index (κ2) is 4.49. The Kier molecular flexibility index (Phi) is 3.20. The summed E-state index contributed by atoms with van der Waals surface area (Å²) in [5.74, 6) is 0.212. The van der Waals surface area contributed by atoms with Crippen LogP contribution in [0.3, 0.4) is 0 Å². The zero-order valence-corrected chi connectivity index (χ0v) is 10.7. The smallest absolute Gasteiger partial charge is 0.227 e. The van der Waals surface area contributed by atoms with Crippen LogP contribution in [0.15, 0.2) is 12.1 Å². The Morgan fingerprint density at radius 1 is 1.24 bits per heavy atom. The van der Waals surface area contributed by atoms with Gasteiger partial charge < -0.3 is 11.1 Å². The number of anilines is 1. The Bertz CT molecular complexity index is 448. The molecule has 0 heterocycles. The van der Waals surface area contributed by atoms with Gasteiger partial charge in [-0.15, -0.1) is 0 Å². The van der Waals surface area contributed by atoms with Crippen LogP contribution in [0.4, 0.5) is 5.69 Å². The van der Waals surface area contributed by atoms with Crippen molar-refractivity contribution in [3.8, 4) is 0 Å². The number of rotatable bonds is 2. The van der Waals surface area contributed by atoms with Crippen LogP contribution in [-0.2, 0) is 4.79 Å². The number of hydrogen-bond donors (Lipinski definition) is 2. The van der Waals surface area contributed by atoms with E-state index in [0.29, 0.717) is 0 Å². The van der Waals surface area contributed by atoms with E-state index >= 15 is 0 Å². The maximum atomic E-state index is 11.9. The molecule has 0 unspecified atom stereocenters. The molecule has 1 aromatic carbocycles. The van der Waals surface area contributed by atoms with Gasteiger partial charge in [-0.05, 0) is 56.4 Å². The summed E-state index contributed by atoms with van der Waals surface area (Å²) in [6.07, 6.45) is 1.63. The van der Waals surface area contributed by atoms with Crippen molar-refractivity contribution < 1.29 is 4.79 Å². The van der Waals surface area contributed by atoms with Gasteiger partial charge >= 0.3 is 0 Å². The summed E-state index contributed by atoms with van der Waals surface area (Å²) < 4.78 is 0. The molecule has 1 amide bonds. The van der Waals surface area contributed by atoms with Gasteiger partial charge in [0.1, 0.15) is 0 Å². The summed E-state index contributed by atoms with van der Waals surface area (Å²) in [6.45, 7) is 6.21. The number of nitrogens with two attached hydrogens (primary N) is 1. The van der Waals surface area contributed by atoms with Crippen LogP contribution in [0.2, 0.25) is 0 Å². The first kappa shape index (κ1) is 12.1. The summed E-state index contributed by atoms with van der Waals surface area (Å²) >= 11 is 0. The molecule has 1 aliphatic carbocycles. The number of carbonyl (C=O) groups is 1. The molecule has 1 fully saturated rings. The van der Waals surface area contributed by atoms with Crippen molar-refractivity contribution in [3.05, 3.63) is 28.8 Å². The van der Waals surface area contributed by atoms with Crippen LogP contribution in [0, 0.1) is 26.7 Å². The van der Waals surface area contributed by atoms with Crippen molar-refractivity contribution in [2.75, 3.05) is 5.32 Å². The molecule has 3 nitrogen and oxygen atoms in total. The topological polar surface area (TPSA) is 55.1 Å². The first-order valence-corrected chi connectivity index (χ1v) is 6.12. The van der Waals surface area contributed by atoms with Gasteiger partial charge in [0.2, 0.25) is 5.91 Å². The van der Waals surface area contributed by atoms with Gasteiger partial charge in [0.05, 0.1) is 0 Å². The average Bonchev–Trinajstić information content (AvgIpc) is 2.25. The van der Waals surface area contributed by atoms with E-state index in [0.717, 1.165) is 24.1 Å². The molecule has 3 heteroatoms. The fourth-order valence-electron chi connectivity index (χ4n) is 2.20. The fraction of sp³-hybridized carbons (Fsp3) is 0.500. The van der Waals surface area contributed by atoms with Gasteiger partial charge in [0.15, 0.2) is 0 Å². The minimum Gasteiger partial charge on any atom is -0.328 e. The predicted molar refractivity (Wildman–Crippen MR) is 70.0 cm³/mol. The summed E-state index contributed by atoms with van der Waals surface area (Å²) in [5.41, 5.74) is 10.3. The number of amides is 1. The Hall–Kier alpha value is -1.35. The Morgan fingerprint density at radius 3 is 2.47 bits per heavy atom. The van der Waals surface area contributed by atoms with Crippen molar-refractivity contribution in [2.24, 2.45) is 11.7 Å². The van der Waals surface area contributed by atoms with Crippen molar-refractivity contribution in [3.63, 3.8) is 0 Å². The summed E-state index contributed by atoms with van der Waals surface area (Å²) in [7, 11) is 0. The highest BCUT2D eigenvalue weighted by Crippen LogP contribution is 2.28. The Balaban J connectivity index is 2.09. The lowest BCUT2D eigenvalue weighted by molar-refractivity contribution is -0.122. The van der Waals surface area contributed by atoms with Crippen LogP contribution in [0.5, 0.6) is 0 Å². The molecule has 0 radical (unpaired) electrons. The lowest BCUT2D eigenvalue weighted by Gasteiger charge is -2.31. The van der Waals surface area contributed by atoms with E-state index in [-0.39, 0.29) is 17.9 Å². The maximum Gasteiger partial charge on any atom is 0.227 e. The molecule has 1 aromatic rings. The highest BCUT2D eigenvalue weighted by Gasteiger charge is 2.32. The highest BCUT2D eigenvalue weighted by molar-refractivity contribution is 5.94. The Morgan fingerprint density at radius 2 is 1.88 bits per heavy atom. The van der Waals surface area contributed by atoms with Crippen LogP contribution in [-0.4, -0.2) is 11.9 Å². The normalized spacial score (nSPS) is 23.1. The largest absolute Gasteiger partial charge is 0.328 e. The van der Waals surface area contributed by atoms with E-state index in [1.165, 1.54) is 11.1 Å². The molecule has 0 saturated heterocycles. The molecule has 92 valence electrons. The lowest BCUT2D eigenvalue weighted by atomic mass is 9.80. The minimum atomic E-state index is 0.103.